The number of hydrogen-bond acceptors (Lipinski definition) is 6. The smallest absolute Gasteiger partial charge is 0.258 e. The summed E-state index contributed by atoms with van der Waals surface area (Å²) in [6, 6.07) is 3.31. The Morgan fingerprint density at radius 1 is 1.19 bits per heavy atom. The van der Waals surface area contributed by atoms with Gasteiger partial charge in [0.2, 0.25) is 5.91 Å². The van der Waals surface area contributed by atoms with Crippen LogP contribution in [0.2, 0.25) is 0 Å². The van der Waals surface area contributed by atoms with Crippen molar-refractivity contribution >= 4 is 28.3 Å². The van der Waals surface area contributed by atoms with Gasteiger partial charge in [-0.1, -0.05) is 13.8 Å². The molecular formula is C22H31N5O3S. The van der Waals surface area contributed by atoms with Crippen LogP contribution in [-0.2, 0) is 11.3 Å². The van der Waals surface area contributed by atoms with Gasteiger partial charge in [-0.25, -0.2) is 4.98 Å². The summed E-state index contributed by atoms with van der Waals surface area (Å²) in [7, 11) is 0. The van der Waals surface area contributed by atoms with E-state index < -0.39 is 0 Å². The van der Waals surface area contributed by atoms with E-state index in [1.807, 2.05) is 18.7 Å². The zero-order chi connectivity index (χ0) is 22.5. The molecular weight excluding hydrogens is 414 g/mol. The maximum absolute atomic E-state index is 12.8. The Bertz CT molecular complexity index is 968. The normalized spacial score (nSPS) is 14.8. The van der Waals surface area contributed by atoms with Crippen molar-refractivity contribution in [3.8, 4) is 0 Å². The van der Waals surface area contributed by atoms with Crippen LogP contribution in [0.15, 0.2) is 23.1 Å². The van der Waals surface area contributed by atoms with E-state index in [0.29, 0.717) is 29.8 Å². The van der Waals surface area contributed by atoms with Crippen LogP contribution in [0.5, 0.6) is 0 Å². The standard InChI is InChI=1S/C22H31N5O3S/c1-5-25(6-2)18-9-11-26(12-10-18)20(29)14-27-13-17(7-8-19(27)28)21(30)24-22-23-15(3)16(4)31-22/h7-8,13,18H,5-6,9-12,14H2,1-4H3,(H,23,24,30). The van der Waals surface area contributed by atoms with Gasteiger partial charge in [-0.2, -0.15) is 0 Å². The summed E-state index contributed by atoms with van der Waals surface area (Å²) in [6.07, 6.45) is 3.33. The number of nitrogens with zero attached hydrogens (tertiary/aromatic N) is 4. The summed E-state index contributed by atoms with van der Waals surface area (Å²) >= 11 is 1.40. The highest BCUT2D eigenvalue weighted by Crippen LogP contribution is 2.21. The first-order chi connectivity index (χ1) is 14.8. The second kappa shape index (κ2) is 10.2. The first-order valence-corrected chi connectivity index (χ1v) is 11.6. The third kappa shape index (κ3) is 5.59. The lowest BCUT2D eigenvalue weighted by Crippen LogP contribution is -2.47. The van der Waals surface area contributed by atoms with E-state index in [4.69, 9.17) is 0 Å². The number of aryl methyl sites for hydroxylation is 2. The molecule has 0 saturated carbocycles. The van der Waals surface area contributed by atoms with Crippen LogP contribution in [0.3, 0.4) is 0 Å². The quantitative estimate of drug-likeness (QED) is 0.708. The second-order valence-corrected chi connectivity index (χ2v) is 9.04. The Morgan fingerprint density at radius 3 is 2.45 bits per heavy atom. The number of rotatable bonds is 7. The maximum atomic E-state index is 12.8. The van der Waals surface area contributed by atoms with Crippen molar-refractivity contribution < 1.29 is 9.59 Å². The number of anilines is 1. The Labute approximate surface area is 186 Å². The van der Waals surface area contributed by atoms with Crippen LogP contribution in [0, 0.1) is 13.8 Å². The number of piperidine rings is 1. The fourth-order valence-electron chi connectivity index (χ4n) is 3.95. The molecule has 1 aliphatic rings. The molecule has 168 valence electrons. The topological polar surface area (TPSA) is 87.5 Å². The molecule has 0 aromatic carbocycles. The van der Waals surface area contributed by atoms with E-state index in [9.17, 15) is 14.4 Å². The molecule has 0 atom stereocenters. The van der Waals surface area contributed by atoms with Gasteiger partial charge in [0.05, 0.1) is 11.3 Å². The fourth-order valence-corrected chi connectivity index (χ4v) is 4.76. The van der Waals surface area contributed by atoms with E-state index in [2.05, 4.69) is 29.0 Å². The molecule has 0 radical (unpaired) electrons. The third-order valence-corrected chi connectivity index (χ3v) is 6.93. The Balaban J connectivity index is 1.63. The zero-order valence-electron chi connectivity index (χ0n) is 18.7. The lowest BCUT2D eigenvalue weighted by molar-refractivity contribution is -0.133. The summed E-state index contributed by atoms with van der Waals surface area (Å²) in [4.78, 5) is 47.3. The van der Waals surface area contributed by atoms with Gasteiger partial charge in [-0.15, -0.1) is 11.3 Å². The highest BCUT2D eigenvalue weighted by molar-refractivity contribution is 7.15. The van der Waals surface area contributed by atoms with Crippen molar-refractivity contribution in [2.45, 2.75) is 53.1 Å². The summed E-state index contributed by atoms with van der Waals surface area (Å²) in [6.45, 7) is 11.5. The average Bonchev–Trinajstić information content (AvgIpc) is 3.07. The minimum Gasteiger partial charge on any atom is -0.341 e. The predicted octanol–water partition coefficient (Wildman–Crippen LogP) is 2.51. The van der Waals surface area contributed by atoms with Crippen molar-refractivity contribution in [2.24, 2.45) is 0 Å². The minimum absolute atomic E-state index is 0.0641. The molecule has 2 aromatic heterocycles. The van der Waals surface area contributed by atoms with Crippen LogP contribution in [-0.4, -0.2) is 63.4 Å². The summed E-state index contributed by atoms with van der Waals surface area (Å²) in [5.74, 6) is -0.446. The molecule has 0 spiro atoms. The van der Waals surface area contributed by atoms with E-state index in [0.717, 1.165) is 36.5 Å². The minimum atomic E-state index is -0.352. The van der Waals surface area contributed by atoms with Crippen molar-refractivity contribution in [3.63, 3.8) is 0 Å². The molecule has 0 unspecified atom stereocenters. The van der Waals surface area contributed by atoms with Crippen molar-refractivity contribution in [1.29, 1.82) is 0 Å². The van der Waals surface area contributed by atoms with Crippen LogP contribution < -0.4 is 10.9 Å². The molecule has 1 N–H and O–H groups in total. The number of aromatic nitrogens is 2. The van der Waals surface area contributed by atoms with Crippen LogP contribution in [0.1, 0.15) is 47.6 Å². The molecule has 31 heavy (non-hydrogen) atoms. The summed E-state index contributed by atoms with van der Waals surface area (Å²) < 4.78 is 1.31. The van der Waals surface area contributed by atoms with Crippen LogP contribution in [0.4, 0.5) is 5.13 Å². The zero-order valence-corrected chi connectivity index (χ0v) is 19.5. The molecule has 3 rings (SSSR count). The molecule has 9 heteroatoms. The molecule has 1 saturated heterocycles. The van der Waals surface area contributed by atoms with Gasteiger partial charge >= 0.3 is 0 Å². The first-order valence-electron chi connectivity index (χ1n) is 10.8. The number of pyridine rings is 1. The van der Waals surface area contributed by atoms with E-state index >= 15 is 0 Å². The van der Waals surface area contributed by atoms with E-state index in [-0.39, 0.29) is 23.9 Å². The second-order valence-electron chi connectivity index (χ2n) is 7.83. The molecule has 8 nitrogen and oxygen atoms in total. The first kappa shape index (κ1) is 23.1. The lowest BCUT2D eigenvalue weighted by atomic mass is 10.0. The number of carbonyl (C=O) groups excluding carboxylic acids is 2. The Kier molecular flexibility index (Phi) is 7.61. The number of nitrogens with one attached hydrogen (secondary N) is 1. The number of carbonyl (C=O) groups is 2. The number of thiazole rings is 1. The van der Waals surface area contributed by atoms with Gasteiger partial charge in [0.25, 0.3) is 11.5 Å². The monoisotopic (exact) mass is 445 g/mol. The lowest BCUT2D eigenvalue weighted by Gasteiger charge is -2.37. The number of amides is 2. The highest BCUT2D eigenvalue weighted by Gasteiger charge is 2.25. The predicted molar refractivity (Wildman–Crippen MR) is 123 cm³/mol. The van der Waals surface area contributed by atoms with Gasteiger partial charge in [0.15, 0.2) is 5.13 Å². The molecule has 1 fully saturated rings. The van der Waals surface area contributed by atoms with E-state index in [1.165, 1.54) is 34.2 Å². The summed E-state index contributed by atoms with van der Waals surface area (Å²) in [5.41, 5.74) is 0.891. The van der Waals surface area contributed by atoms with Gasteiger partial charge in [0.1, 0.15) is 6.54 Å². The third-order valence-electron chi connectivity index (χ3n) is 5.95. The summed E-state index contributed by atoms with van der Waals surface area (Å²) in [5, 5.41) is 3.28. The van der Waals surface area contributed by atoms with Crippen molar-refractivity contribution in [3.05, 3.63) is 44.8 Å². The number of hydrogen-bond donors (Lipinski definition) is 1. The van der Waals surface area contributed by atoms with Crippen LogP contribution in [0.25, 0.3) is 0 Å². The fraction of sp³-hybridized carbons (Fsp3) is 0.545. The molecule has 3 heterocycles. The Hall–Kier alpha value is -2.52. The Morgan fingerprint density at radius 2 is 1.87 bits per heavy atom. The molecule has 2 aromatic rings. The maximum Gasteiger partial charge on any atom is 0.258 e. The molecule has 0 bridgehead atoms. The van der Waals surface area contributed by atoms with Gasteiger partial charge in [-0.05, 0) is 45.8 Å². The van der Waals surface area contributed by atoms with Gasteiger partial charge in [0, 0.05) is 36.3 Å². The average molecular weight is 446 g/mol. The largest absolute Gasteiger partial charge is 0.341 e. The van der Waals surface area contributed by atoms with Gasteiger partial charge < -0.3 is 14.4 Å². The molecule has 2 amide bonds. The van der Waals surface area contributed by atoms with Gasteiger partial charge in [-0.3, -0.25) is 19.7 Å². The molecule has 1 aliphatic heterocycles. The van der Waals surface area contributed by atoms with Crippen molar-refractivity contribution in [2.75, 3.05) is 31.5 Å². The van der Waals surface area contributed by atoms with Crippen molar-refractivity contribution in [1.82, 2.24) is 19.4 Å². The number of likely N-dealkylation sites (tertiary alicyclic amines) is 1. The molecule has 0 aliphatic carbocycles. The van der Waals surface area contributed by atoms with E-state index in [1.54, 1.807) is 0 Å². The van der Waals surface area contributed by atoms with Crippen LogP contribution >= 0.6 is 11.3 Å². The SMILES string of the molecule is CCN(CC)C1CCN(C(=O)Cn2cc(C(=O)Nc3nc(C)c(C)s3)ccc2=O)CC1. The highest BCUT2D eigenvalue weighted by atomic mass is 32.1.